The molecule has 0 radical (unpaired) electrons. The molecule has 0 aromatic heterocycles. The van der Waals surface area contributed by atoms with Crippen molar-refractivity contribution in [3.05, 3.63) is 29.3 Å². The Labute approximate surface area is 107 Å². The largest absolute Gasteiger partial charge is 0.466 e. The fraction of sp³-hybridized carbons (Fsp3) is 0.462. The minimum absolute atomic E-state index is 0.226. The summed E-state index contributed by atoms with van der Waals surface area (Å²) in [5, 5.41) is 0.737. The highest BCUT2D eigenvalue weighted by molar-refractivity contribution is 6.30. The average Bonchev–Trinajstić information content (AvgIpc) is 2.29. The van der Waals surface area contributed by atoms with Crippen molar-refractivity contribution < 1.29 is 9.53 Å². The van der Waals surface area contributed by atoms with Gasteiger partial charge in [-0.3, -0.25) is 4.79 Å². The van der Waals surface area contributed by atoms with Crippen LogP contribution in [0.15, 0.2) is 24.3 Å². The molecule has 1 aromatic rings. The van der Waals surface area contributed by atoms with Crippen molar-refractivity contribution in [2.75, 3.05) is 24.6 Å². The van der Waals surface area contributed by atoms with E-state index in [0.29, 0.717) is 6.61 Å². The van der Waals surface area contributed by atoms with Gasteiger partial charge in [-0.25, -0.2) is 0 Å². The van der Waals surface area contributed by atoms with E-state index in [2.05, 4.69) is 11.8 Å². The van der Waals surface area contributed by atoms with E-state index in [1.54, 1.807) is 0 Å². The van der Waals surface area contributed by atoms with E-state index < -0.39 is 0 Å². The first-order valence-electron chi connectivity index (χ1n) is 5.77. The van der Waals surface area contributed by atoms with Crippen molar-refractivity contribution in [3.8, 4) is 0 Å². The molecule has 0 saturated carbocycles. The molecule has 4 heteroatoms. The maximum atomic E-state index is 10.6. The predicted molar refractivity (Wildman–Crippen MR) is 70.6 cm³/mol. The van der Waals surface area contributed by atoms with Crippen LogP contribution < -0.4 is 4.90 Å². The first kappa shape index (κ1) is 13.8. The fourth-order valence-electron chi connectivity index (χ4n) is 1.61. The van der Waals surface area contributed by atoms with Crippen molar-refractivity contribution in [2.45, 2.75) is 20.3 Å². The first-order valence-corrected chi connectivity index (χ1v) is 6.15. The van der Waals surface area contributed by atoms with E-state index in [9.17, 15) is 4.79 Å². The summed E-state index contributed by atoms with van der Waals surface area (Å²) in [5.41, 5.74) is 1.10. The van der Waals surface area contributed by atoms with Gasteiger partial charge in [0.2, 0.25) is 0 Å². The molecule has 0 atom stereocenters. The molecular formula is C13H18ClNO2. The zero-order valence-electron chi connectivity index (χ0n) is 10.3. The van der Waals surface area contributed by atoms with Crippen LogP contribution in [0.3, 0.4) is 0 Å². The van der Waals surface area contributed by atoms with Gasteiger partial charge >= 0.3 is 5.97 Å². The number of benzene rings is 1. The second-order valence-corrected chi connectivity index (χ2v) is 4.19. The molecule has 0 heterocycles. The highest BCUT2D eigenvalue weighted by Crippen LogP contribution is 2.19. The number of anilines is 1. The number of carbonyl (C=O) groups excluding carboxylic acids is 1. The summed E-state index contributed by atoms with van der Waals surface area (Å²) in [6.07, 6.45) is 0.819. The Morgan fingerprint density at radius 3 is 2.82 bits per heavy atom. The molecule has 0 aliphatic carbocycles. The van der Waals surface area contributed by atoms with E-state index in [1.165, 1.54) is 6.92 Å². The van der Waals surface area contributed by atoms with E-state index in [4.69, 9.17) is 16.3 Å². The molecule has 0 spiro atoms. The summed E-state index contributed by atoms with van der Waals surface area (Å²) in [7, 11) is 0. The lowest BCUT2D eigenvalue weighted by Crippen LogP contribution is -2.25. The Bertz CT molecular complexity index is 368. The molecule has 3 nitrogen and oxygen atoms in total. The number of ether oxygens (including phenoxy) is 1. The van der Waals surface area contributed by atoms with Crippen molar-refractivity contribution in [3.63, 3.8) is 0 Å². The highest BCUT2D eigenvalue weighted by Gasteiger charge is 2.04. The molecule has 0 unspecified atom stereocenters. The smallest absolute Gasteiger partial charge is 0.302 e. The molecule has 94 valence electrons. The molecule has 1 aromatic carbocycles. The molecular weight excluding hydrogens is 238 g/mol. The minimum atomic E-state index is -0.226. The summed E-state index contributed by atoms with van der Waals surface area (Å²) >= 11 is 5.95. The molecule has 0 saturated heterocycles. The Morgan fingerprint density at radius 2 is 2.24 bits per heavy atom. The summed E-state index contributed by atoms with van der Waals surface area (Å²) in [6, 6.07) is 7.77. The zero-order chi connectivity index (χ0) is 12.7. The van der Waals surface area contributed by atoms with Gasteiger partial charge < -0.3 is 9.64 Å². The summed E-state index contributed by atoms with van der Waals surface area (Å²) in [4.78, 5) is 12.8. The molecule has 1 rings (SSSR count). The van der Waals surface area contributed by atoms with Crippen molar-refractivity contribution in [2.24, 2.45) is 0 Å². The van der Waals surface area contributed by atoms with Crippen molar-refractivity contribution >= 4 is 23.3 Å². The van der Waals surface area contributed by atoms with E-state index >= 15 is 0 Å². The van der Waals surface area contributed by atoms with Crippen LogP contribution >= 0.6 is 11.6 Å². The molecule has 0 aliphatic rings. The minimum Gasteiger partial charge on any atom is -0.466 e. The second kappa shape index (κ2) is 7.17. The van der Waals surface area contributed by atoms with Gasteiger partial charge in [0, 0.05) is 30.7 Å². The molecule has 0 N–H and O–H groups in total. The molecule has 0 bridgehead atoms. The lowest BCUT2D eigenvalue weighted by Gasteiger charge is -2.23. The lowest BCUT2D eigenvalue weighted by atomic mass is 10.2. The van der Waals surface area contributed by atoms with Crippen LogP contribution in [0.2, 0.25) is 5.02 Å². The molecule has 0 amide bonds. The maximum absolute atomic E-state index is 10.6. The van der Waals surface area contributed by atoms with Gasteiger partial charge in [0.05, 0.1) is 6.61 Å². The van der Waals surface area contributed by atoms with Gasteiger partial charge in [-0.1, -0.05) is 17.7 Å². The Hall–Kier alpha value is -1.22. The van der Waals surface area contributed by atoms with Crippen LogP contribution in [0.25, 0.3) is 0 Å². The van der Waals surface area contributed by atoms with Crippen LogP contribution in [0.5, 0.6) is 0 Å². The third kappa shape index (κ3) is 5.09. The standard InChI is InChI=1S/C13H18ClNO2/c1-3-15(8-5-9-17-11(2)16)13-7-4-6-12(14)10-13/h4,6-7,10H,3,5,8-9H2,1-2H3. The van der Waals surface area contributed by atoms with Crippen LogP contribution in [-0.4, -0.2) is 25.7 Å². The van der Waals surface area contributed by atoms with Gasteiger partial charge in [-0.2, -0.15) is 0 Å². The van der Waals surface area contributed by atoms with Gasteiger partial charge in [-0.15, -0.1) is 0 Å². The number of rotatable bonds is 6. The van der Waals surface area contributed by atoms with Crippen LogP contribution in [0.1, 0.15) is 20.3 Å². The number of esters is 1. The third-order valence-corrected chi connectivity index (χ3v) is 2.67. The van der Waals surface area contributed by atoms with Crippen LogP contribution in [0, 0.1) is 0 Å². The summed E-state index contributed by atoms with van der Waals surface area (Å²) in [6.45, 7) is 5.73. The molecule has 0 fully saturated rings. The lowest BCUT2D eigenvalue weighted by molar-refractivity contribution is -0.140. The zero-order valence-corrected chi connectivity index (χ0v) is 11.0. The van der Waals surface area contributed by atoms with Gasteiger partial charge in [0.15, 0.2) is 0 Å². The van der Waals surface area contributed by atoms with Crippen molar-refractivity contribution in [1.82, 2.24) is 0 Å². The third-order valence-electron chi connectivity index (χ3n) is 2.43. The molecule has 0 aliphatic heterocycles. The number of hydrogen-bond donors (Lipinski definition) is 0. The predicted octanol–water partition coefficient (Wildman–Crippen LogP) is 3.12. The van der Waals surface area contributed by atoms with Crippen LogP contribution in [-0.2, 0) is 9.53 Å². The van der Waals surface area contributed by atoms with E-state index in [-0.39, 0.29) is 5.97 Å². The fourth-order valence-corrected chi connectivity index (χ4v) is 1.80. The van der Waals surface area contributed by atoms with Gasteiger partial charge in [-0.05, 0) is 31.5 Å². The number of nitrogens with zero attached hydrogens (tertiary/aromatic N) is 1. The normalized spacial score (nSPS) is 10.1. The highest BCUT2D eigenvalue weighted by atomic mass is 35.5. The van der Waals surface area contributed by atoms with E-state index in [1.807, 2.05) is 24.3 Å². The van der Waals surface area contributed by atoms with Gasteiger partial charge in [0.25, 0.3) is 0 Å². The Kier molecular flexibility index (Phi) is 5.84. The number of carbonyl (C=O) groups is 1. The Balaban J connectivity index is 2.45. The summed E-state index contributed by atoms with van der Waals surface area (Å²) < 4.78 is 4.90. The summed E-state index contributed by atoms with van der Waals surface area (Å²) in [5.74, 6) is -0.226. The number of hydrogen-bond acceptors (Lipinski definition) is 3. The van der Waals surface area contributed by atoms with E-state index in [0.717, 1.165) is 30.2 Å². The topological polar surface area (TPSA) is 29.5 Å². The SMILES string of the molecule is CCN(CCCOC(C)=O)c1cccc(Cl)c1. The van der Waals surface area contributed by atoms with Crippen molar-refractivity contribution in [1.29, 1.82) is 0 Å². The quantitative estimate of drug-likeness (QED) is 0.578. The number of halogens is 1. The maximum Gasteiger partial charge on any atom is 0.302 e. The molecule has 17 heavy (non-hydrogen) atoms. The second-order valence-electron chi connectivity index (χ2n) is 3.75. The average molecular weight is 256 g/mol. The van der Waals surface area contributed by atoms with Crippen LogP contribution in [0.4, 0.5) is 5.69 Å². The first-order chi connectivity index (χ1) is 8.13. The van der Waals surface area contributed by atoms with Gasteiger partial charge in [0.1, 0.15) is 0 Å². The Morgan fingerprint density at radius 1 is 1.47 bits per heavy atom. The monoisotopic (exact) mass is 255 g/mol.